The number of rotatable bonds is 1. The molecule has 0 fully saturated rings. The third kappa shape index (κ3) is 2.51. The Morgan fingerprint density at radius 2 is 1.73 bits per heavy atom. The van der Waals surface area contributed by atoms with Crippen molar-refractivity contribution in [2.24, 2.45) is 7.05 Å². The number of hydrogen-bond donors (Lipinski definition) is 0. The molecular weight excluding hydrogens is 323 g/mol. The van der Waals surface area contributed by atoms with Gasteiger partial charge in [-0.15, -0.1) is 0 Å². The average Bonchev–Trinajstić information content (AvgIpc) is 2.45. The summed E-state index contributed by atoms with van der Waals surface area (Å²) in [7, 11) is 0.872. The Balaban J connectivity index is 2.83. The molecule has 0 unspecified atom stereocenters. The van der Waals surface area contributed by atoms with Gasteiger partial charge in [0.15, 0.2) is 5.69 Å². The van der Waals surface area contributed by atoms with Crippen LogP contribution in [0.4, 0.5) is 13.2 Å². The monoisotopic (exact) mass is 329 g/mol. The predicted molar refractivity (Wildman–Crippen MR) is 72.0 cm³/mol. The van der Waals surface area contributed by atoms with Crippen LogP contribution in [0.2, 0.25) is 5.02 Å². The Bertz CT molecular complexity index is 852. The highest BCUT2D eigenvalue weighted by molar-refractivity contribution is 6.31. The predicted octanol–water partition coefficient (Wildman–Crippen LogP) is 2.08. The molecule has 0 saturated carbocycles. The first-order valence-corrected chi connectivity index (χ1v) is 6.15. The van der Waals surface area contributed by atoms with E-state index in [9.17, 15) is 22.8 Å². The van der Waals surface area contributed by atoms with Crippen molar-refractivity contribution in [2.75, 3.05) is 0 Å². The van der Waals surface area contributed by atoms with E-state index in [1.165, 1.54) is 24.3 Å². The number of aromatic nitrogens is 2. The SMILES string of the molecule is Cn1c(C(F)(F)F)c(Cl)c(=O)n(-c2ccc(C#N)cc2)c1=O. The van der Waals surface area contributed by atoms with Gasteiger partial charge < -0.3 is 0 Å². The van der Waals surface area contributed by atoms with Crippen LogP contribution < -0.4 is 11.2 Å². The Morgan fingerprint density at radius 1 is 1.18 bits per heavy atom. The lowest BCUT2D eigenvalue weighted by atomic mass is 10.2. The second kappa shape index (κ2) is 5.35. The third-order valence-electron chi connectivity index (χ3n) is 2.94. The Labute approximate surface area is 126 Å². The van der Waals surface area contributed by atoms with Crippen LogP contribution in [0.1, 0.15) is 11.3 Å². The van der Waals surface area contributed by atoms with E-state index >= 15 is 0 Å². The molecule has 114 valence electrons. The van der Waals surface area contributed by atoms with Gasteiger partial charge in [-0.3, -0.25) is 9.36 Å². The average molecular weight is 330 g/mol. The number of benzene rings is 1. The first kappa shape index (κ1) is 15.9. The minimum atomic E-state index is -4.94. The first-order chi connectivity index (χ1) is 10.2. The van der Waals surface area contributed by atoms with Crippen molar-refractivity contribution in [3.05, 3.63) is 61.4 Å². The smallest absolute Gasteiger partial charge is 0.291 e. The van der Waals surface area contributed by atoms with Gasteiger partial charge in [-0.2, -0.15) is 18.4 Å². The van der Waals surface area contributed by atoms with E-state index in [0.717, 1.165) is 7.05 Å². The van der Waals surface area contributed by atoms with Crippen molar-refractivity contribution in [2.45, 2.75) is 6.18 Å². The highest BCUT2D eigenvalue weighted by atomic mass is 35.5. The van der Waals surface area contributed by atoms with Crippen LogP contribution in [0.25, 0.3) is 5.69 Å². The highest BCUT2D eigenvalue weighted by Gasteiger charge is 2.38. The van der Waals surface area contributed by atoms with Crippen LogP contribution in [-0.2, 0) is 13.2 Å². The van der Waals surface area contributed by atoms with Crippen LogP contribution in [0.5, 0.6) is 0 Å². The Morgan fingerprint density at radius 3 is 2.18 bits per heavy atom. The van der Waals surface area contributed by atoms with E-state index in [1.807, 2.05) is 6.07 Å². The van der Waals surface area contributed by atoms with Gasteiger partial charge in [0.2, 0.25) is 0 Å². The molecule has 0 saturated heterocycles. The van der Waals surface area contributed by atoms with Crippen molar-refractivity contribution < 1.29 is 13.2 Å². The number of nitrogens with zero attached hydrogens (tertiary/aromatic N) is 3. The molecule has 0 amide bonds. The lowest BCUT2D eigenvalue weighted by Gasteiger charge is -2.15. The van der Waals surface area contributed by atoms with E-state index in [2.05, 4.69) is 0 Å². The summed E-state index contributed by atoms with van der Waals surface area (Å²) in [5.74, 6) is 0. The standard InChI is InChI=1S/C13H7ClF3N3O2/c1-19-10(13(15,16)17)9(14)11(21)20(12(19)22)8-4-2-7(6-18)3-5-8/h2-5H,1H3. The molecule has 5 nitrogen and oxygen atoms in total. The fourth-order valence-electron chi connectivity index (χ4n) is 1.91. The summed E-state index contributed by atoms with van der Waals surface area (Å²) in [6.07, 6.45) is -4.94. The van der Waals surface area contributed by atoms with Gasteiger partial charge in [0.1, 0.15) is 5.02 Å². The molecule has 9 heteroatoms. The number of nitriles is 1. The fraction of sp³-hybridized carbons (Fsp3) is 0.154. The molecule has 0 N–H and O–H groups in total. The fourth-order valence-corrected chi connectivity index (χ4v) is 2.22. The van der Waals surface area contributed by atoms with E-state index in [4.69, 9.17) is 16.9 Å². The molecule has 1 aromatic heterocycles. The maximum atomic E-state index is 12.9. The lowest BCUT2D eigenvalue weighted by molar-refractivity contribution is -0.143. The highest BCUT2D eigenvalue weighted by Crippen LogP contribution is 2.31. The van der Waals surface area contributed by atoms with Crippen LogP contribution in [0.3, 0.4) is 0 Å². The van der Waals surface area contributed by atoms with Gasteiger partial charge in [-0.1, -0.05) is 11.6 Å². The molecule has 2 rings (SSSR count). The van der Waals surface area contributed by atoms with E-state index in [-0.39, 0.29) is 15.8 Å². The lowest BCUT2D eigenvalue weighted by Crippen LogP contribution is -2.41. The second-order valence-electron chi connectivity index (χ2n) is 4.30. The van der Waals surface area contributed by atoms with E-state index in [1.54, 1.807) is 0 Å². The molecule has 22 heavy (non-hydrogen) atoms. The summed E-state index contributed by atoms with van der Waals surface area (Å²) >= 11 is 5.50. The molecule has 0 bridgehead atoms. The Hall–Kier alpha value is -2.53. The number of hydrogen-bond acceptors (Lipinski definition) is 3. The first-order valence-electron chi connectivity index (χ1n) is 5.77. The summed E-state index contributed by atoms with van der Waals surface area (Å²) in [6, 6.07) is 7.03. The zero-order valence-electron chi connectivity index (χ0n) is 11.0. The maximum Gasteiger partial charge on any atom is 0.433 e. The minimum absolute atomic E-state index is 0.0141. The summed E-state index contributed by atoms with van der Waals surface area (Å²) in [5, 5.41) is 7.59. The molecule has 1 heterocycles. The van der Waals surface area contributed by atoms with E-state index in [0.29, 0.717) is 4.57 Å². The number of halogens is 4. The van der Waals surface area contributed by atoms with Crippen LogP contribution in [-0.4, -0.2) is 9.13 Å². The van der Waals surface area contributed by atoms with Crippen molar-refractivity contribution in [1.82, 2.24) is 9.13 Å². The Kier molecular flexibility index (Phi) is 3.85. The molecule has 0 aliphatic heterocycles. The summed E-state index contributed by atoms with van der Waals surface area (Å²) in [5.41, 5.74) is -3.69. The molecule has 0 radical (unpaired) electrons. The summed E-state index contributed by atoms with van der Waals surface area (Å²) in [4.78, 5) is 24.1. The minimum Gasteiger partial charge on any atom is -0.291 e. The normalized spacial score (nSPS) is 11.3. The summed E-state index contributed by atoms with van der Waals surface area (Å²) < 4.78 is 39.4. The summed E-state index contributed by atoms with van der Waals surface area (Å²) in [6.45, 7) is 0. The van der Waals surface area contributed by atoms with Crippen LogP contribution in [0, 0.1) is 11.3 Å². The number of alkyl halides is 3. The van der Waals surface area contributed by atoms with Crippen molar-refractivity contribution >= 4 is 11.6 Å². The van der Waals surface area contributed by atoms with Crippen molar-refractivity contribution in [3.63, 3.8) is 0 Å². The van der Waals surface area contributed by atoms with Crippen molar-refractivity contribution in [3.8, 4) is 11.8 Å². The van der Waals surface area contributed by atoms with Gasteiger partial charge in [-0.05, 0) is 24.3 Å². The molecule has 0 aliphatic rings. The molecule has 0 aliphatic carbocycles. The van der Waals surface area contributed by atoms with Crippen LogP contribution in [0.15, 0.2) is 33.9 Å². The van der Waals surface area contributed by atoms with Gasteiger partial charge in [0.05, 0.1) is 17.3 Å². The molecule has 0 atom stereocenters. The maximum absolute atomic E-state index is 12.9. The third-order valence-corrected chi connectivity index (χ3v) is 3.28. The molecule has 0 spiro atoms. The van der Waals surface area contributed by atoms with Gasteiger partial charge in [-0.25, -0.2) is 9.36 Å². The second-order valence-corrected chi connectivity index (χ2v) is 4.68. The zero-order valence-corrected chi connectivity index (χ0v) is 11.7. The zero-order chi connectivity index (χ0) is 16.7. The molecular formula is C13H7ClF3N3O2. The van der Waals surface area contributed by atoms with Gasteiger partial charge in [0.25, 0.3) is 5.56 Å². The van der Waals surface area contributed by atoms with E-state index < -0.39 is 28.1 Å². The van der Waals surface area contributed by atoms with Crippen molar-refractivity contribution in [1.29, 1.82) is 5.26 Å². The molecule has 2 aromatic rings. The topological polar surface area (TPSA) is 67.8 Å². The molecule has 1 aromatic carbocycles. The van der Waals surface area contributed by atoms with Gasteiger partial charge >= 0.3 is 11.9 Å². The largest absolute Gasteiger partial charge is 0.433 e. The quantitative estimate of drug-likeness (QED) is 0.804. The van der Waals surface area contributed by atoms with Gasteiger partial charge in [0, 0.05) is 7.05 Å². The van der Waals surface area contributed by atoms with Crippen LogP contribution >= 0.6 is 11.6 Å².